The molecule has 1 aromatic rings. The Kier molecular flexibility index (Phi) is 2.59. The third-order valence-corrected chi connectivity index (χ3v) is 3.02. The Morgan fingerprint density at radius 1 is 1.31 bits per heavy atom. The molecular weight excluding hydrogens is 206 g/mol. The summed E-state index contributed by atoms with van der Waals surface area (Å²) in [6, 6.07) is 5.75. The molecule has 0 aromatic heterocycles. The van der Waals surface area contributed by atoms with E-state index in [1.54, 1.807) is 7.11 Å². The molecule has 2 N–H and O–H groups in total. The average Bonchev–Trinajstić information content (AvgIpc) is 2.64. The van der Waals surface area contributed by atoms with Crippen LogP contribution in [0.2, 0.25) is 0 Å². The maximum Gasteiger partial charge on any atom is 0.326 e. The van der Waals surface area contributed by atoms with E-state index in [4.69, 9.17) is 15.2 Å². The molecule has 0 amide bonds. The van der Waals surface area contributed by atoms with Crippen LogP contribution in [-0.2, 0) is 22.4 Å². The minimum atomic E-state index is -0.913. The summed E-state index contributed by atoms with van der Waals surface area (Å²) in [5, 5.41) is 0. The van der Waals surface area contributed by atoms with Gasteiger partial charge in [0.15, 0.2) is 0 Å². The summed E-state index contributed by atoms with van der Waals surface area (Å²) in [7, 11) is 2.98. The molecule has 0 fully saturated rings. The standard InChI is InChI=1S/C12H15NO3/c1-15-10-4-3-8-6-12(13,11(14)16-2)7-9(8)5-10/h3-5H,6-7,13H2,1-2H3. The SMILES string of the molecule is COC(=O)C1(N)Cc2ccc(OC)cc2C1. The van der Waals surface area contributed by atoms with E-state index in [0.717, 1.165) is 16.9 Å². The molecule has 1 unspecified atom stereocenters. The highest BCUT2D eigenvalue weighted by molar-refractivity contribution is 5.82. The van der Waals surface area contributed by atoms with Crippen molar-refractivity contribution in [3.63, 3.8) is 0 Å². The van der Waals surface area contributed by atoms with Gasteiger partial charge in [0.05, 0.1) is 14.2 Å². The first-order chi connectivity index (χ1) is 7.59. The van der Waals surface area contributed by atoms with Crippen LogP contribution >= 0.6 is 0 Å². The number of ether oxygens (including phenoxy) is 2. The molecule has 2 rings (SSSR count). The van der Waals surface area contributed by atoms with Gasteiger partial charge >= 0.3 is 5.97 Å². The number of rotatable bonds is 2. The monoisotopic (exact) mass is 221 g/mol. The summed E-state index contributed by atoms with van der Waals surface area (Å²) in [6.07, 6.45) is 1.03. The van der Waals surface area contributed by atoms with Crippen molar-refractivity contribution in [3.8, 4) is 5.75 Å². The lowest BCUT2D eigenvalue weighted by molar-refractivity contribution is -0.146. The molecule has 1 aliphatic carbocycles. The molecule has 16 heavy (non-hydrogen) atoms. The Labute approximate surface area is 94.3 Å². The predicted molar refractivity (Wildman–Crippen MR) is 59.3 cm³/mol. The first kappa shape index (κ1) is 11.0. The number of hydrogen-bond donors (Lipinski definition) is 1. The van der Waals surface area contributed by atoms with E-state index in [1.807, 2.05) is 18.2 Å². The molecule has 86 valence electrons. The van der Waals surface area contributed by atoms with Gasteiger partial charge < -0.3 is 15.2 Å². The van der Waals surface area contributed by atoms with Gasteiger partial charge in [0.25, 0.3) is 0 Å². The second kappa shape index (κ2) is 3.79. The second-order valence-corrected chi connectivity index (χ2v) is 4.14. The number of methoxy groups -OCH3 is 2. The van der Waals surface area contributed by atoms with Crippen molar-refractivity contribution in [2.75, 3.05) is 14.2 Å². The van der Waals surface area contributed by atoms with E-state index in [0.29, 0.717) is 12.8 Å². The molecule has 1 aromatic carbocycles. The molecule has 0 aliphatic heterocycles. The number of esters is 1. The van der Waals surface area contributed by atoms with Crippen LogP contribution in [-0.4, -0.2) is 25.7 Å². The van der Waals surface area contributed by atoms with Crippen LogP contribution in [0.15, 0.2) is 18.2 Å². The summed E-state index contributed by atoms with van der Waals surface area (Å²) >= 11 is 0. The number of hydrogen-bond acceptors (Lipinski definition) is 4. The molecule has 0 saturated carbocycles. The van der Waals surface area contributed by atoms with Crippen LogP contribution in [0.3, 0.4) is 0 Å². The summed E-state index contributed by atoms with van der Waals surface area (Å²) < 4.78 is 9.87. The van der Waals surface area contributed by atoms with Crippen molar-refractivity contribution >= 4 is 5.97 Å². The van der Waals surface area contributed by atoms with Gasteiger partial charge in [-0.1, -0.05) is 6.07 Å². The van der Waals surface area contributed by atoms with Gasteiger partial charge in [-0.05, 0) is 23.3 Å². The van der Waals surface area contributed by atoms with E-state index < -0.39 is 5.54 Å². The molecule has 0 saturated heterocycles. The lowest BCUT2D eigenvalue weighted by Gasteiger charge is -2.19. The van der Waals surface area contributed by atoms with E-state index in [1.165, 1.54) is 7.11 Å². The van der Waals surface area contributed by atoms with E-state index in [-0.39, 0.29) is 5.97 Å². The highest BCUT2D eigenvalue weighted by Crippen LogP contribution is 2.31. The van der Waals surface area contributed by atoms with Crippen LogP contribution in [0.1, 0.15) is 11.1 Å². The van der Waals surface area contributed by atoms with Crippen molar-refractivity contribution < 1.29 is 14.3 Å². The number of benzene rings is 1. The average molecular weight is 221 g/mol. The Morgan fingerprint density at radius 3 is 2.62 bits per heavy atom. The Balaban J connectivity index is 2.30. The van der Waals surface area contributed by atoms with E-state index in [9.17, 15) is 4.79 Å². The topological polar surface area (TPSA) is 61.5 Å². The van der Waals surface area contributed by atoms with Crippen LogP contribution in [0.5, 0.6) is 5.75 Å². The number of carbonyl (C=O) groups excluding carboxylic acids is 1. The van der Waals surface area contributed by atoms with Crippen molar-refractivity contribution in [2.24, 2.45) is 5.73 Å². The van der Waals surface area contributed by atoms with Crippen LogP contribution in [0.25, 0.3) is 0 Å². The molecule has 1 atom stereocenters. The maximum absolute atomic E-state index is 11.6. The van der Waals surface area contributed by atoms with Gasteiger partial charge in [-0.3, -0.25) is 4.79 Å². The summed E-state index contributed by atoms with van der Waals surface area (Å²) in [5.41, 5.74) is 7.28. The Bertz CT molecular complexity index is 430. The summed E-state index contributed by atoms with van der Waals surface area (Å²) in [4.78, 5) is 11.6. The third kappa shape index (κ3) is 1.65. The summed E-state index contributed by atoms with van der Waals surface area (Å²) in [6.45, 7) is 0. The number of fused-ring (bicyclic) bond motifs is 1. The Hall–Kier alpha value is -1.55. The molecule has 0 heterocycles. The zero-order valence-corrected chi connectivity index (χ0v) is 9.45. The normalized spacial score (nSPS) is 22.7. The first-order valence-corrected chi connectivity index (χ1v) is 5.12. The highest BCUT2D eigenvalue weighted by Gasteiger charge is 2.41. The fourth-order valence-electron chi connectivity index (χ4n) is 2.16. The number of nitrogens with two attached hydrogens (primary N) is 1. The van der Waals surface area contributed by atoms with Crippen molar-refractivity contribution in [3.05, 3.63) is 29.3 Å². The minimum absolute atomic E-state index is 0.359. The molecule has 4 nitrogen and oxygen atoms in total. The van der Waals surface area contributed by atoms with E-state index >= 15 is 0 Å². The van der Waals surface area contributed by atoms with Gasteiger partial charge in [0, 0.05) is 12.8 Å². The van der Waals surface area contributed by atoms with Gasteiger partial charge in [-0.2, -0.15) is 0 Å². The third-order valence-electron chi connectivity index (χ3n) is 3.02. The lowest BCUT2D eigenvalue weighted by Crippen LogP contribution is -2.49. The van der Waals surface area contributed by atoms with Gasteiger partial charge in [0.1, 0.15) is 11.3 Å². The first-order valence-electron chi connectivity index (χ1n) is 5.12. The predicted octanol–water partition coefficient (Wildman–Crippen LogP) is 0.664. The molecule has 0 radical (unpaired) electrons. The lowest BCUT2D eigenvalue weighted by atomic mass is 9.98. The van der Waals surface area contributed by atoms with Crippen LogP contribution in [0, 0.1) is 0 Å². The second-order valence-electron chi connectivity index (χ2n) is 4.14. The van der Waals surface area contributed by atoms with Crippen molar-refractivity contribution in [1.82, 2.24) is 0 Å². The molecule has 0 bridgehead atoms. The molecule has 1 aliphatic rings. The highest BCUT2D eigenvalue weighted by atomic mass is 16.5. The van der Waals surface area contributed by atoms with Crippen LogP contribution in [0.4, 0.5) is 0 Å². The van der Waals surface area contributed by atoms with Gasteiger partial charge in [-0.25, -0.2) is 0 Å². The smallest absolute Gasteiger partial charge is 0.326 e. The van der Waals surface area contributed by atoms with E-state index in [2.05, 4.69) is 0 Å². The maximum atomic E-state index is 11.6. The quantitative estimate of drug-likeness (QED) is 0.745. The molecular formula is C12H15NO3. The van der Waals surface area contributed by atoms with Crippen molar-refractivity contribution in [2.45, 2.75) is 18.4 Å². The fraction of sp³-hybridized carbons (Fsp3) is 0.417. The van der Waals surface area contributed by atoms with Gasteiger partial charge in [0.2, 0.25) is 0 Å². The minimum Gasteiger partial charge on any atom is -0.497 e. The van der Waals surface area contributed by atoms with Crippen molar-refractivity contribution in [1.29, 1.82) is 0 Å². The van der Waals surface area contributed by atoms with Gasteiger partial charge in [-0.15, -0.1) is 0 Å². The molecule has 4 heteroatoms. The zero-order chi connectivity index (χ0) is 11.8. The molecule has 0 spiro atoms. The fourth-order valence-corrected chi connectivity index (χ4v) is 2.16. The zero-order valence-electron chi connectivity index (χ0n) is 9.45. The number of carbonyl (C=O) groups is 1. The Morgan fingerprint density at radius 2 is 2.00 bits per heavy atom. The largest absolute Gasteiger partial charge is 0.497 e. The van der Waals surface area contributed by atoms with Crippen LogP contribution < -0.4 is 10.5 Å². The summed E-state index contributed by atoms with van der Waals surface area (Å²) in [5.74, 6) is 0.426.